The van der Waals surface area contributed by atoms with Gasteiger partial charge in [0.05, 0.1) is 12.1 Å². The number of benzene rings is 1. The molecule has 4 heteroatoms. The van der Waals surface area contributed by atoms with Crippen LogP contribution in [0.25, 0.3) is 0 Å². The summed E-state index contributed by atoms with van der Waals surface area (Å²) >= 11 is 0. The van der Waals surface area contributed by atoms with Gasteiger partial charge in [0.2, 0.25) is 0 Å². The molecule has 110 valence electrons. The number of hydrogen-bond donors (Lipinski definition) is 1. The zero-order valence-corrected chi connectivity index (χ0v) is 12.2. The zero-order valence-electron chi connectivity index (χ0n) is 12.2. The minimum absolute atomic E-state index is 0.0276. The van der Waals surface area contributed by atoms with Crippen LogP contribution in [0.5, 0.6) is 0 Å². The first kappa shape index (κ1) is 14.9. The van der Waals surface area contributed by atoms with Gasteiger partial charge >= 0.3 is 6.09 Å². The standard InChI is InChI=1S/C16H23NO3/c1-13-8-9-16(2,12-18)17(10-13)15(19)20-11-14-6-4-3-5-7-14/h3-7,13,18H,8-12H2,1-2H3/t13-,16+/m1/s1. The Morgan fingerprint density at radius 1 is 1.45 bits per heavy atom. The number of nitrogens with zero attached hydrogens (tertiary/aromatic N) is 1. The van der Waals surface area contributed by atoms with E-state index in [2.05, 4.69) is 6.92 Å². The van der Waals surface area contributed by atoms with Crippen molar-refractivity contribution < 1.29 is 14.6 Å². The van der Waals surface area contributed by atoms with E-state index in [9.17, 15) is 9.90 Å². The molecular weight excluding hydrogens is 254 g/mol. The first-order valence-electron chi connectivity index (χ1n) is 7.14. The summed E-state index contributed by atoms with van der Waals surface area (Å²) in [6, 6.07) is 9.63. The fraction of sp³-hybridized carbons (Fsp3) is 0.562. The molecule has 0 spiro atoms. The molecule has 0 aliphatic carbocycles. The Balaban J connectivity index is 1.99. The van der Waals surface area contributed by atoms with E-state index in [4.69, 9.17) is 4.74 Å². The fourth-order valence-corrected chi connectivity index (χ4v) is 2.57. The van der Waals surface area contributed by atoms with Gasteiger partial charge in [0.25, 0.3) is 0 Å². The number of aliphatic hydroxyl groups is 1. The summed E-state index contributed by atoms with van der Waals surface area (Å²) in [5.41, 5.74) is 0.469. The minimum atomic E-state index is -0.500. The zero-order chi connectivity index (χ0) is 14.6. The summed E-state index contributed by atoms with van der Waals surface area (Å²) < 4.78 is 5.39. The maximum Gasteiger partial charge on any atom is 0.410 e. The van der Waals surface area contributed by atoms with Gasteiger partial charge in [0, 0.05) is 6.54 Å². The summed E-state index contributed by atoms with van der Waals surface area (Å²) in [4.78, 5) is 14.0. The smallest absolute Gasteiger partial charge is 0.410 e. The second-order valence-corrected chi connectivity index (χ2v) is 5.95. The van der Waals surface area contributed by atoms with Crippen molar-refractivity contribution in [2.75, 3.05) is 13.2 Å². The van der Waals surface area contributed by atoms with Crippen molar-refractivity contribution in [2.24, 2.45) is 5.92 Å². The Bertz CT molecular complexity index is 448. The monoisotopic (exact) mass is 277 g/mol. The van der Waals surface area contributed by atoms with Gasteiger partial charge in [0.1, 0.15) is 6.61 Å². The van der Waals surface area contributed by atoms with Crippen LogP contribution >= 0.6 is 0 Å². The molecule has 1 saturated heterocycles. The molecule has 0 radical (unpaired) electrons. The SMILES string of the molecule is C[C@@H]1CC[C@@](C)(CO)N(C(=O)OCc2ccccc2)C1. The molecule has 20 heavy (non-hydrogen) atoms. The molecule has 2 rings (SSSR count). The highest BCUT2D eigenvalue weighted by Crippen LogP contribution is 2.31. The van der Waals surface area contributed by atoms with Crippen LogP contribution in [-0.2, 0) is 11.3 Å². The Hall–Kier alpha value is -1.55. The first-order valence-corrected chi connectivity index (χ1v) is 7.14. The van der Waals surface area contributed by atoms with E-state index in [1.807, 2.05) is 37.3 Å². The average Bonchev–Trinajstić information content (AvgIpc) is 2.48. The maximum absolute atomic E-state index is 12.3. The van der Waals surface area contributed by atoms with Crippen molar-refractivity contribution >= 4 is 6.09 Å². The summed E-state index contributed by atoms with van der Waals surface area (Å²) in [6.07, 6.45) is 1.50. The van der Waals surface area contributed by atoms with Gasteiger partial charge in [-0.3, -0.25) is 0 Å². The highest BCUT2D eigenvalue weighted by Gasteiger charge is 2.40. The Labute approximate surface area is 120 Å². The first-order chi connectivity index (χ1) is 9.55. The van der Waals surface area contributed by atoms with Gasteiger partial charge in [-0.1, -0.05) is 37.3 Å². The highest BCUT2D eigenvalue weighted by molar-refractivity contribution is 5.69. The van der Waals surface area contributed by atoms with E-state index in [1.54, 1.807) is 4.90 Å². The normalized spacial score (nSPS) is 26.4. The lowest BCUT2D eigenvalue weighted by Gasteiger charge is -2.45. The van der Waals surface area contributed by atoms with Crippen LogP contribution in [0.1, 0.15) is 32.3 Å². The lowest BCUT2D eigenvalue weighted by Crippen LogP contribution is -2.56. The van der Waals surface area contributed by atoms with Gasteiger partial charge in [-0.15, -0.1) is 0 Å². The molecule has 0 bridgehead atoms. The molecule has 4 nitrogen and oxygen atoms in total. The molecule has 0 aromatic heterocycles. The van der Waals surface area contributed by atoms with Gasteiger partial charge < -0.3 is 14.7 Å². The lowest BCUT2D eigenvalue weighted by atomic mass is 9.85. The van der Waals surface area contributed by atoms with E-state index < -0.39 is 5.54 Å². The van der Waals surface area contributed by atoms with Crippen LogP contribution in [0.15, 0.2) is 30.3 Å². The van der Waals surface area contributed by atoms with Crippen LogP contribution in [0.2, 0.25) is 0 Å². The topological polar surface area (TPSA) is 49.8 Å². The number of amides is 1. The number of carbonyl (C=O) groups excluding carboxylic acids is 1. The Kier molecular flexibility index (Phi) is 4.65. The van der Waals surface area contributed by atoms with E-state index >= 15 is 0 Å². The largest absolute Gasteiger partial charge is 0.445 e. The van der Waals surface area contributed by atoms with Crippen LogP contribution in [-0.4, -0.2) is 34.8 Å². The molecule has 1 aromatic rings. The Morgan fingerprint density at radius 3 is 2.80 bits per heavy atom. The summed E-state index contributed by atoms with van der Waals surface area (Å²) in [5.74, 6) is 0.443. The van der Waals surface area contributed by atoms with E-state index in [0.29, 0.717) is 12.5 Å². The van der Waals surface area contributed by atoms with Gasteiger partial charge in [-0.05, 0) is 31.2 Å². The van der Waals surface area contributed by atoms with Gasteiger partial charge in [0.15, 0.2) is 0 Å². The summed E-state index contributed by atoms with van der Waals surface area (Å²) in [6.45, 7) is 4.92. The molecule has 1 aliphatic heterocycles. The second kappa shape index (κ2) is 6.27. The minimum Gasteiger partial charge on any atom is -0.445 e. The van der Waals surface area contributed by atoms with E-state index in [-0.39, 0.29) is 19.3 Å². The van der Waals surface area contributed by atoms with Crippen molar-refractivity contribution in [3.8, 4) is 0 Å². The predicted molar refractivity (Wildman–Crippen MR) is 77.2 cm³/mol. The molecule has 1 aliphatic rings. The Morgan fingerprint density at radius 2 is 2.15 bits per heavy atom. The third-order valence-corrected chi connectivity index (χ3v) is 4.09. The number of ether oxygens (including phenoxy) is 1. The maximum atomic E-state index is 12.3. The van der Waals surface area contributed by atoms with Crippen LogP contribution in [0.4, 0.5) is 4.79 Å². The molecule has 1 aromatic carbocycles. The van der Waals surface area contributed by atoms with E-state index in [0.717, 1.165) is 18.4 Å². The van der Waals surface area contributed by atoms with Crippen molar-refractivity contribution in [1.82, 2.24) is 4.90 Å². The fourth-order valence-electron chi connectivity index (χ4n) is 2.57. The van der Waals surface area contributed by atoms with Crippen LogP contribution in [0.3, 0.4) is 0 Å². The van der Waals surface area contributed by atoms with Crippen molar-refractivity contribution in [3.05, 3.63) is 35.9 Å². The average molecular weight is 277 g/mol. The second-order valence-electron chi connectivity index (χ2n) is 5.95. The quantitative estimate of drug-likeness (QED) is 0.924. The number of hydrogen-bond acceptors (Lipinski definition) is 3. The summed E-state index contributed by atoms with van der Waals surface area (Å²) in [7, 11) is 0. The molecular formula is C16H23NO3. The highest BCUT2D eigenvalue weighted by atomic mass is 16.6. The number of carbonyl (C=O) groups is 1. The van der Waals surface area contributed by atoms with Crippen molar-refractivity contribution in [3.63, 3.8) is 0 Å². The number of likely N-dealkylation sites (tertiary alicyclic amines) is 1. The van der Waals surface area contributed by atoms with E-state index in [1.165, 1.54) is 0 Å². The number of piperidine rings is 1. The van der Waals surface area contributed by atoms with Gasteiger partial charge in [-0.2, -0.15) is 0 Å². The van der Waals surface area contributed by atoms with Gasteiger partial charge in [-0.25, -0.2) is 4.79 Å². The molecule has 1 amide bonds. The van der Waals surface area contributed by atoms with Crippen LogP contribution in [0, 0.1) is 5.92 Å². The summed E-state index contributed by atoms with van der Waals surface area (Å²) in [5, 5.41) is 9.59. The van der Waals surface area contributed by atoms with Crippen molar-refractivity contribution in [1.29, 1.82) is 0 Å². The van der Waals surface area contributed by atoms with Crippen molar-refractivity contribution in [2.45, 2.75) is 38.8 Å². The molecule has 0 unspecified atom stereocenters. The molecule has 1 N–H and O–H groups in total. The molecule has 0 saturated carbocycles. The van der Waals surface area contributed by atoms with Crippen LogP contribution < -0.4 is 0 Å². The number of aliphatic hydroxyl groups excluding tert-OH is 1. The number of rotatable bonds is 3. The molecule has 1 fully saturated rings. The molecule has 1 heterocycles. The third-order valence-electron chi connectivity index (χ3n) is 4.09. The molecule has 2 atom stereocenters. The predicted octanol–water partition coefficient (Wildman–Crippen LogP) is 2.81. The lowest BCUT2D eigenvalue weighted by molar-refractivity contribution is -0.0100. The third kappa shape index (κ3) is 3.31.